The summed E-state index contributed by atoms with van der Waals surface area (Å²) in [6.45, 7) is 0.851. The Hall–Kier alpha value is -0.940. The second kappa shape index (κ2) is 3.67. The van der Waals surface area contributed by atoms with Crippen LogP contribution in [-0.2, 0) is 6.42 Å². The van der Waals surface area contributed by atoms with E-state index >= 15 is 0 Å². The van der Waals surface area contributed by atoms with Gasteiger partial charge in [-0.15, -0.1) is 0 Å². The van der Waals surface area contributed by atoms with E-state index in [1.807, 2.05) is 0 Å². The Morgan fingerprint density at radius 1 is 1.57 bits per heavy atom. The molecule has 0 saturated heterocycles. The van der Waals surface area contributed by atoms with Crippen molar-refractivity contribution in [3.8, 4) is 0 Å². The molecule has 1 unspecified atom stereocenters. The van der Waals surface area contributed by atoms with E-state index in [9.17, 15) is 10.1 Å². The van der Waals surface area contributed by atoms with Gasteiger partial charge < -0.3 is 5.32 Å². The highest BCUT2D eigenvalue weighted by atomic mass is 79.9. The van der Waals surface area contributed by atoms with E-state index in [0.717, 1.165) is 24.1 Å². The molecule has 4 nitrogen and oxygen atoms in total. The second-order valence-corrected chi connectivity index (χ2v) is 4.12. The highest BCUT2D eigenvalue weighted by molar-refractivity contribution is 9.09. The number of nitrogens with one attached hydrogen (secondary N) is 1. The number of nitrogens with zero attached hydrogens (tertiary/aromatic N) is 1. The third-order valence-electron chi connectivity index (χ3n) is 2.33. The van der Waals surface area contributed by atoms with Crippen LogP contribution in [0.2, 0.25) is 0 Å². The van der Waals surface area contributed by atoms with Gasteiger partial charge in [0.1, 0.15) is 0 Å². The summed E-state index contributed by atoms with van der Waals surface area (Å²) in [4.78, 5) is 10.3. The van der Waals surface area contributed by atoms with Crippen LogP contribution >= 0.6 is 15.9 Å². The van der Waals surface area contributed by atoms with Crippen molar-refractivity contribution in [2.75, 3.05) is 6.54 Å². The van der Waals surface area contributed by atoms with E-state index in [1.54, 1.807) is 18.2 Å². The standard InChI is InChI=1S/C9H9BrN2O2/c10-9-8-2-1-7(12(13)14)5-6(8)3-4-11-9/h1-2,5,9,11H,3-4H2. The van der Waals surface area contributed by atoms with Crippen LogP contribution in [0.3, 0.4) is 0 Å². The number of hydrogen-bond donors (Lipinski definition) is 1. The molecule has 74 valence electrons. The van der Waals surface area contributed by atoms with Gasteiger partial charge in [-0.1, -0.05) is 15.9 Å². The van der Waals surface area contributed by atoms with E-state index < -0.39 is 0 Å². The number of halogens is 1. The fraction of sp³-hybridized carbons (Fsp3) is 0.333. The molecule has 1 aliphatic rings. The summed E-state index contributed by atoms with van der Waals surface area (Å²) >= 11 is 3.47. The summed E-state index contributed by atoms with van der Waals surface area (Å²) < 4.78 is 0. The first-order valence-corrected chi connectivity index (χ1v) is 5.25. The molecule has 0 bridgehead atoms. The molecule has 0 spiro atoms. The Labute approximate surface area is 89.6 Å². The Bertz CT molecular complexity index is 381. The topological polar surface area (TPSA) is 55.2 Å². The third-order valence-corrected chi connectivity index (χ3v) is 3.15. The molecule has 1 aromatic carbocycles. The Morgan fingerprint density at radius 2 is 2.36 bits per heavy atom. The smallest absolute Gasteiger partial charge is 0.269 e. The summed E-state index contributed by atoms with van der Waals surface area (Å²) in [7, 11) is 0. The number of hydrogen-bond acceptors (Lipinski definition) is 3. The number of fused-ring (bicyclic) bond motifs is 1. The van der Waals surface area contributed by atoms with Gasteiger partial charge >= 0.3 is 0 Å². The molecule has 0 radical (unpaired) electrons. The maximum absolute atomic E-state index is 10.5. The maximum Gasteiger partial charge on any atom is 0.269 e. The van der Waals surface area contributed by atoms with Crippen LogP contribution in [-0.4, -0.2) is 11.5 Å². The summed E-state index contributed by atoms with van der Waals surface area (Å²) in [5, 5.41) is 13.8. The van der Waals surface area contributed by atoms with E-state index in [1.165, 1.54) is 0 Å². The minimum Gasteiger partial charge on any atom is -0.301 e. The molecule has 0 aliphatic carbocycles. The number of nitro groups is 1. The Balaban J connectivity index is 2.44. The summed E-state index contributed by atoms with van der Waals surface area (Å²) in [5.74, 6) is 0. The molecule has 0 saturated carbocycles. The zero-order valence-corrected chi connectivity index (χ0v) is 8.95. The van der Waals surface area contributed by atoms with Crippen molar-refractivity contribution in [1.82, 2.24) is 5.32 Å². The average Bonchev–Trinajstić information content (AvgIpc) is 2.17. The lowest BCUT2D eigenvalue weighted by molar-refractivity contribution is -0.384. The average molecular weight is 257 g/mol. The molecule has 14 heavy (non-hydrogen) atoms. The van der Waals surface area contributed by atoms with Crippen LogP contribution in [0.5, 0.6) is 0 Å². The van der Waals surface area contributed by atoms with Crippen molar-refractivity contribution in [1.29, 1.82) is 0 Å². The van der Waals surface area contributed by atoms with Gasteiger partial charge in [-0.3, -0.25) is 10.1 Å². The van der Waals surface area contributed by atoms with Crippen LogP contribution in [0.4, 0.5) is 5.69 Å². The summed E-state index contributed by atoms with van der Waals surface area (Å²) in [6.07, 6.45) is 0.846. The second-order valence-electron chi connectivity index (χ2n) is 3.21. The molecular formula is C9H9BrN2O2. The fourth-order valence-electron chi connectivity index (χ4n) is 1.61. The zero-order valence-electron chi connectivity index (χ0n) is 7.37. The largest absolute Gasteiger partial charge is 0.301 e. The van der Waals surface area contributed by atoms with Gasteiger partial charge in [0, 0.05) is 18.7 Å². The molecule has 0 amide bonds. The monoisotopic (exact) mass is 256 g/mol. The summed E-state index contributed by atoms with van der Waals surface area (Å²) in [5.41, 5.74) is 2.33. The zero-order chi connectivity index (χ0) is 10.1. The van der Waals surface area contributed by atoms with Gasteiger partial charge in [0.05, 0.1) is 9.87 Å². The Kier molecular flexibility index (Phi) is 2.52. The molecule has 0 fully saturated rings. The lowest BCUT2D eigenvalue weighted by atomic mass is 10.0. The molecule has 1 aromatic rings. The van der Waals surface area contributed by atoms with Crippen LogP contribution in [0.1, 0.15) is 16.1 Å². The van der Waals surface area contributed by atoms with Crippen LogP contribution in [0, 0.1) is 10.1 Å². The molecular weight excluding hydrogens is 248 g/mol. The van der Waals surface area contributed by atoms with Gasteiger partial charge in [-0.25, -0.2) is 0 Å². The van der Waals surface area contributed by atoms with Crippen molar-refractivity contribution in [2.45, 2.75) is 11.4 Å². The van der Waals surface area contributed by atoms with E-state index in [-0.39, 0.29) is 15.6 Å². The fourth-order valence-corrected chi connectivity index (χ4v) is 2.29. The first-order valence-electron chi connectivity index (χ1n) is 4.33. The minimum absolute atomic E-state index is 0.118. The molecule has 1 heterocycles. The van der Waals surface area contributed by atoms with Gasteiger partial charge in [0.2, 0.25) is 0 Å². The molecule has 1 atom stereocenters. The molecule has 1 aliphatic heterocycles. The van der Waals surface area contributed by atoms with Gasteiger partial charge in [-0.05, 0) is 23.6 Å². The van der Waals surface area contributed by atoms with Crippen molar-refractivity contribution in [2.24, 2.45) is 0 Å². The van der Waals surface area contributed by atoms with Gasteiger partial charge in [0.25, 0.3) is 5.69 Å². The van der Waals surface area contributed by atoms with E-state index in [4.69, 9.17) is 0 Å². The van der Waals surface area contributed by atoms with Crippen LogP contribution in [0.25, 0.3) is 0 Å². The first-order chi connectivity index (χ1) is 6.68. The third kappa shape index (κ3) is 1.65. The maximum atomic E-state index is 10.5. The lowest BCUT2D eigenvalue weighted by Gasteiger charge is -2.21. The first kappa shape index (κ1) is 9.61. The molecule has 5 heteroatoms. The normalized spacial score (nSPS) is 20.2. The highest BCUT2D eigenvalue weighted by Crippen LogP contribution is 2.29. The SMILES string of the molecule is O=[N+]([O-])c1ccc2c(c1)CCNC2Br. The summed E-state index contributed by atoms with van der Waals surface area (Å²) in [6, 6.07) is 5.00. The van der Waals surface area contributed by atoms with Crippen molar-refractivity contribution in [3.05, 3.63) is 39.4 Å². The van der Waals surface area contributed by atoms with Gasteiger partial charge in [0.15, 0.2) is 0 Å². The predicted octanol–water partition coefficient (Wildman–Crippen LogP) is 2.13. The van der Waals surface area contributed by atoms with Crippen LogP contribution in [0.15, 0.2) is 18.2 Å². The molecule has 1 N–H and O–H groups in total. The van der Waals surface area contributed by atoms with E-state index in [0.29, 0.717) is 0 Å². The number of rotatable bonds is 1. The minimum atomic E-state index is -0.356. The van der Waals surface area contributed by atoms with E-state index in [2.05, 4.69) is 21.2 Å². The molecule has 0 aromatic heterocycles. The van der Waals surface area contributed by atoms with Crippen molar-refractivity contribution >= 4 is 21.6 Å². The van der Waals surface area contributed by atoms with Gasteiger partial charge in [-0.2, -0.15) is 0 Å². The quantitative estimate of drug-likeness (QED) is 0.363. The predicted molar refractivity (Wildman–Crippen MR) is 56.5 cm³/mol. The lowest BCUT2D eigenvalue weighted by Crippen LogP contribution is -2.25. The highest BCUT2D eigenvalue weighted by Gasteiger charge is 2.19. The Morgan fingerprint density at radius 3 is 3.07 bits per heavy atom. The number of non-ortho nitro benzene ring substituents is 1. The number of alkyl halides is 1. The number of nitro benzene ring substituents is 1. The van der Waals surface area contributed by atoms with Crippen molar-refractivity contribution < 1.29 is 4.92 Å². The van der Waals surface area contributed by atoms with Crippen molar-refractivity contribution in [3.63, 3.8) is 0 Å². The molecule has 2 rings (SSSR count). The van der Waals surface area contributed by atoms with Crippen LogP contribution < -0.4 is 5.32 Å². The number of benzene rings is 1.